The normalized spacial score (nSPS) is 13.6. The molecule has 0 aromatic heterocycles. The van der Waals surface area contributed by atoms with E-state index in [2.05, 4.69) is 5.32 Å². The molecule has 0 aliphatic rings. The Hall–Kier alpha value is -2.21. The summed E-state index contributed by atoms with van der Waals surface area (Å²) in [6.07, 6.45) is 0. The van der Waals surface area contributed by atoms with Crippen LogP contribution in [-0.4, -0.2) is 23.1 Å². The van der Waals surface area contributed by atoms with Crippen molar-refractivity contribution in [1.82, 2.24) is 5.32 Å². The van der Waals surface area contributed by atoms with Crippen LogP contribution in [0.1, 0.15) is 34.6 Å². The number of ketones is 1. The Labute approximate surface area is 193 Å². The van der Waals surface area contributed by atoms with Gasteiger partial charge in [-0.05, 0) is 20.8 Å². The Morgan fingerprint density at radius 3 is 1.41 bits per heavy atom. The van der Waals surface area contributed by atoms with Crippen LogP contribution >= 0.6 is 11.8 Å². The molecule has 2 aromatic rings. The van der Waals surface area contributed by atoms with E-state index in [4.69, 9.17) is 0 Å². The van der Waals surface area contributed by atoms with Gasteiger partial charge in [-0.2, -0.15) is 0 Å². The quantitative estimate of drug-likeness (QED) is 0.183. The van der Waals surface area contributed by atoms with E-state index in [-0.39, 0.29) is 23.6 Å². The van der Waals surface area contributed by atoms with Gasteiger partial charge in [0.15, 0.2) is 52.3 Å². The van der Waals surface area contributed by atoms with Gasteiger partial charge in [0, 0.05) is 17.7 Å². The van der Waals surface area contributed by atoms with Crippen LogP contribution in [0.25, 0.3) is 11.1 Å². The molecule has 0 bridgehead atoms. The van der Waals surface area contributed by atoms with Gasteiger partial charge < -0.3 is 5.32 Å². The van der Waals surface area contributed by atoms with Crippen LogP contribution in [0.3, 0.4) is 0 Å². The molecule has 0 radical (unpaired) electrons. The summed E-state index contributed by atoms with van der Waals surface area (Å²) >= 11 is 0.209. The second kappa shape index (κ2) is 10.2. The third kappa shape index (κ3) is 4.93. The lowest BCUT2D eigenvalue weighted by Gasteiger charge is -2.33. The first-order valence-electron chi connectivity index (χ1n) is 9.89. The van der Waals surface area contributed by atoms with E-state index in [1.807, 2.05) is 0 Å². The summed E-state index contributed by atoms with van der Waals surface area (Å²) < 4.78 is 127. The molecule has 0 saturated carbocycles. The number of nitrogens with one attached hydrogen (secondary N) is 1. The number of carbonyl (C=O) groups is 1. The van der Waals surface area contributed by atoms with Crippen molar-refractivity contribution in [3.05, 3.63) is 52.4 Å². The third-order valence-electron chi connectivity index (χ3n) is 4.86. The average molecular weight is 517 g/mol. The van der Waals surface area contributed by atoms with Crippen molar-refractivity contribution in [2.45, 2.75) is 51.1 Å². The smallest absolute Gasteiger partial charge is 0.200 e. The number of Topliss-reactive ketones (excluding diaryl/α,β-unsaturated/α-hetero) is 1. The maximum absolute atomic E-state index is 14.7. The summed E-state index contributed by atoms with van der Waals surface area (Å²) in [5.41, 5.74) is -5.63. The second-order valence-corrected chi connectivity index (χ2v) is 9.33. The van der Waals surface area contributed by atoms with Crippen molar-refractivity contribution < 1.29 is 44.3 Å². The summed E-state index contributed by atoms with van der Waals surface area (Å²) in [5, 5.41) is 2.92. The summed E-state index contributed by atoms with van der Waals surface area (Å²) in [7, 11) is 0. The minimum absolute atomic E-state index is 0.209. The van der Waals surface area contributed by atoms with E-state index < -0.39 is 85.6 Å². The highest BCUT2D eigenvalue weighted by Crippen LogP contribution is 2.40. The number of rotatable bonds is 8. The molecule has 12 heteroatoms. The van der Waals surface area contributed by atoms with E-state index in [0.29, 0.717) is 0 Å². The van der Waals surface area contributed by atoms with Crippen molar-refractivity contribution in [2.24, 2.45) is 5.92 Å². The topological polar surface area (TPSA) is 29.1 Å². The average Bonchev–Trinajstić information content (AvgIpc) is 2.76. The number of carbonyl (C=O) groups excluding carboxylic acids is 1. The highest BCUT2D eigenvalue weighted by Gasteiger charge is 2.38. The molecular weight excluding hydrogens is 497 g/mol. The van der Waals surface area contributed by atoms with E-state index >= 15 is 0 Å². The molecule has 1 unspecified atom stereocenters. The lowest BCUT2D eigenvalue weighted by molar-refractivity contribution is -0.127. The maximum Gasteiger partial charge on any atom is 0.200 e. The van der Waals surface area contributed by atoms with Gasteiger partial charge in [0.2, 0.25) is 5.82 Å². The molecule has 0 spiro atoms. The van der Waals surface area contributed by atoms with Crippen LogP contribution in [0.2, 0.25) is 0 Å². The lowest BCUT2D eigenvalue weighted by Crippen LogP contribution is -2.55. The van der Waals surface area contributed by atoms with Gasteiger partial charge in [0.1, 0.15) is 0 Å². The fraction of sp³-hybridized carbons (Fsp3) is 0.409. The third-order valence-corrected chi connectivity index (χ3v) is 6.23. The van der Waals surface area contributed by atoms with Crippen LogP contribution in [0.15, 0.2) is 4.90 Å². The van der Waals surface area contributed by atoms with Gasteiger partial charge in [-0.1, -0.05) is 13.8 Å². The Kier molecular flexibility index (Phi) is 8.40. The zero-order valence-corrected chi connectivity index (χ0v) is 19.4. The molecule has 34 heavy (non-hydrogen) atoms. The monoisotopic (exact) mass is 517 g/mol. The first-order valence-corrected chi connectivity index (χ1v) is 10.9. The highest BCUT2D eigenvalue weighted by molar-refractivity contribution is 7.99. The minimum Gasteiger partial charge on any atom is -0.302 e. The van der Waals surface area contributed by atoms with Gasteiger partial charge in [0.05, 0.1) is 21.6 Å². The van der Waals surface area contributed by atoms with Crippen LogP contribution < -0.4 is 5.32 Å². The molecule has 2 nitrogen and oxygen atoms in total. The summed E-state index contributed by atoms with van der Waals surface area (Å²) in [6, 6.07) is -0.270. The number of hydrogen-bond donors (Lipinski definition) is 1. The molecule has 0 aliphatic heterocycles. The molecule has 0 heterocycles. The molecule has 0 saturated heterocycles. The van der Waals surface area contributed by atoms with Crippen LogP contribution in [0.5, 0.6) is 0 Å². The van der Waals surface area contributed by atoms with Crippen molar-refractivity contribution in [3.63, 3.8) is 0 Å². The molecule has 0 aliphatic carbocycles. The fourth-order valence-electron chi connectivity index (χ4n) is 3.46. The molecule has 0 fully saturated rings. The SMILES string of the molecule is CC(C)NC(C)(CSc1c(F)c(F)c(-c2c(F)c(F)c(F)c(F)c2F)c(F)c1F)C(=O)C(C)C. The Bertz CT molecular complexity index is 1080. The largest absolute Gasteiger partial charge is 0.302 e. The standard InChI is InChI=1S/C22H20F9NOS/c1-7(2)21(33)22(5,32-8(3)4)6-34-20-18(30)13(25)10(14(26)19(20)31)9-11(23)15(27)17(29)16(28)12(9)24/h7-8,32H,6H2,1-5H3. The Morgan fingerprint density at radius 2 is 1.06 bits per heavy atom. The summed E-state index contributed by atoms with van der Waals surface area (Å²) in [5.74, 6) is -23.3. The van der Waals surface area contributed by atoms with Crippen molar-refractivity contribution in [2.75, 3.05) is 5.75 Å². The lowest BCUT2D eigenvalue weighted by atomic mass is 9.90. The zero-order chi connectivity index (χ0) is 26.3. The molecule has 188 valence electrons. The van der Waals surface area contributed by atoms with E-state index in [1.165, 1.54) is 6.92 Å². The number of hydrogen-bond acceptors (Lipinski definition) is 3. The van der Waals surface area contributed by atoms with E-state index in [9.17, 15) is 44.3 Å². The van der Waals surface area contributed by atoms with E-state index in [0.717, 1.165) is 0 Å². The fourth-order valence-corrected chi connectivity index (χ4v) is 4.55. The van der Waals surface area contributed by atoms with Gasteiger partial charge in [0.25, 0.3) is 0 Å². The van der Waals surface area contributed by atoms with Gasteiger partial charge >= 0.3 is 0 Å². The van der Waals surface area contributed by atoms with Crippen LogP contribution in [0.4, 0.5) is 39.5 Å². The molecular formula is C22H20F9NOS. The Balaban J connectivity index is 2.65. The number of thioether (sulfide) groups is 1. The molecule has 2 rings (SSSR count). The van der Waals surface area contributed by atoms with Crippen molar-refractivity contribution in [1.29, 1.82) is 0 Å². The van der Waals surface area contributed by atoms with Gasteiger partial charge in [-0.15, -0.1) is 11.8 Å². The molecule has 1 atom stereocenters. The summed E-state index contributed by atoms with van der Waals surface area (Å²) in [6.45, 7) is 7.96. The highest BCUT2D eigenvalue weighted by atomic mass is 32.2. The minimum atomic E-state index is -2.63. The van der Waals surface area contributed by atoms with Crippen LogP contribution in [0, 0.1) is 58.3 Å². The molecule has 1 N–H and O–H groups in total. The second-order valence-electron chi connectivity index (χ2n) is 8.34. The van der Waals surface area contributed by atoms with Crippen LogP contribution in [-0.2, 0) is 4.79 Å². The predicted molar refractivity (Wildman–Crippen MR) is 109 cm³/mol. The maximum atomic E-state index is 14.7. The van der Waals surface area contributed by atoms with Crippen molar-refractivity contribution in [3.8, 4) is 11.1 Å². The predicted octanol–water partition coefficient (Wildman–Crippen LogP) is 6.68. The zero-order valence-electron chi connectivity index (χ0n) is 18.6. The van der Waals surface area contributed by atoms with Gasteiger partial charge in [-0.25, -0.2) is 39.5 Å². The van der Waals surface area contributed by atoms with Gasteiger partial charge in [-0.3, -0.25) is 4.79 Å². The summed E-state index contributed by atoms with van der Waals surface area (Å²) in [4.78, 5) is 11.4. The van der Waals surface area contributed by atoms with Crippen molar-refractivity contribution >= 4 is 17.5 Å². The molecule has 2 aromatic carbocycles. The first kappa shape index (κ1) is 28.0. The first-order chi connectivity index (χ1) is 15.6. The number of halogens is 9. The molecule has 0 amide bonds. The Morgan fingerprint density at radius 1 is 0.706 bits per heavy atom. The number of benzene rings is 2. The van der Waals surface area contributed by atoms with E-state index in [1.54, 1.807) is 27.7 Å².